The monoisotopic (exact) mass is 639 g/mol. The summed E-state index contributed by atoms with van der Waals surface area (Å²) >= 11 is 19.2. The molecule has 0 spiro atoms. The summed E-state index contributed by atoms with van der Waals surface area (Å²) in [6, 6.07) is 16.2. The van der Waals surface area contributed by atoms with Crippen LogP contribution in [0, 0.1) is 0 Å². The molecule has 1 unspecified atom stereocenters. The Morgan fingerprint density at radius 2 is 1.59 bits per heavy atom. The van der Waals surface area contributed by atoms with Crippen molar-refractivity contribution >= 4 is 62.3 Å². The first-order valence-electron chi connectivity index (χ1n) is 13.0. The molecule has 0 aliphatic heterocycles. The molecule has 8 nitrogen and oxygen atoms in total. The number of amides is 2. The van der Waals surface area contributed by atoms with Gasteiger partial charge in [-0.05, 0) is 55.3 Å². The lowest BCUT2D eigenvalue weighted by Crippen LogP contribution is -2.52. The van der Waals surface area contributed by atoms with Crippen LogP contribution in [0.5, 0.6) is 5.75 Å². The van der Waals surface area contributed by atoms with Gasteiger partial charge >= 0.3 is 0 Å². The smallest absolute Gasteiger partial charge is 0.264 e. The van der Waals surface area contributed by atoms with E-state index in [2.05, 4.69) is 5.32 Å². The van der Waals surface area contributed by atoms with Gasteiger partial charge in [0.2, 0.25) is 11.8 Å². The van der Waals surface area contributed by atoms with Crippen LogP contribution in [0.3, 0.4) is 0 Å². The number of ether oxygens (including phenoxy) is 1. The molecule has 3 rings (SSSR count). The van der Waals surface area contributed by atoms with Gasteiger partial charge in [0.15, 0.2) is 0 Å². The van der Waals surface area contributed by atoms with Crippen molar-refractivity contribution in [3.05, 3.63) is 87.4 Å². The van der Waals surface area contributed by atoms with E-state index in [1.165, 1.54) is 42.3 Å². The summed E-state index contributed by atoms with van der Waals surface area (Å²) in [6.07, 6.45) is 0.969. The fraction of sp³-hybridized carbons (Fsp3) is 0.310. The second kappa shape index (κ2) is 14.8. The van der Waals surface area contributed by atoms with Gasteiger partial charge in [-0.15, -0.1) is 0 Å². The van der Waals surface area contributed by atoms with Gasteiger partial charge in [-0.1, -0.05) is 72.9 Å². The third kappa shape index (κ3) is 7.86. The Hall–Kier alpha value is -2.98. The van der Waals surface area contributed by atoms with E-state index in [-0.39, 0.29) is 34.5 Å². The van der Waals surface area contributed by atoms with Crippen molar-refractivity contribution in [2.45, 2.75) is 44.2 Å². The third-order valence-corrected chi connectivity index (χ3v) is 9.15. The second-order valence-corrected chi connectivity index (χ2v) is 12.2. The predicted molar refractivity (Wildman–Crippen MR) is 163 cm³/mol. The first kappa shape index (κ1) is 32.5. The maximum Gasteiger partial charge on any atom is 0.264 e. The molecule has 12 heteroatoms. The standard InChI is InChI=1S/C29H32Cl3N3O5S/c1-4-16-33-29(37)26(5-2)34(18-22-23(30)12-9-13-24(22)31)28(36)19-35(20-14-15-27(40-3)25(32)17-20)41(38,39)21-10-7-6-8-11-21/h6-15,17,26H,4-5,16,18-19H2,1-3H3,(H,33,37). The van der Waals surface area contributed by atoms with E-state index in [9.17, 15) is 18.0 Å². The number of halogens is 3. The zero-order valence-corrected chi connectivity index (χ0v) is 26.0. The summed E-state index contributed by atoms with van der Waals surface area (Å²) in [5.41, 5.74) is 0.586. The number of nitrogens with zero attached hydrogens (tertiary/aromatic N) is 2. The van der Waals surface area contributed by atoms with Crippen LogP contribution in [0.25, 0.3) is 0 Å². The topological polar surface area (TPSA) is 96.0 Å². The van der Waals surface area contributed by atoms with Crippen molar-refractivity contribution < 1.29 is 22.7 Å². The number of nitrogens with one attached hydrogen (secondary N) is 1. The van der Waals surface area contributed by atoms with Gasteiger partial charge in [0.25, 0.3) is 10.0 Å². The number of carbonyl (C=O) groups is 2. The van der Waals surface area contributed by atoms with Gasteiger partial charge in [0.1, 0.15) is 18.3 Å². The highest BCUT2D eigenvalue weighted by molar-refractivity contribution is 7.92. The summed E-state index contributed by atoms with van der Waals surface area (Å²) in [5, 5.41) is 3.63. The summed E-state index contributed by atoms with van der Waals surface area (Å²) in [7, 11) is -2.80. The Kier molecular flexibility index (Phi) is 11.7. The number of benzene rings is 3. The average molecular weight is 641 g/mol. The number of anilines is 1. The number of rotatable bonds is 13. The first-order valence-corrected chi connectivity index (χ1v) is 15.5. The minimum Gasteiger partial charge on any atom is -0.495 e. The molecule has 41 heavy (non-hydrogen) atoms. The van der Waals surface area contributed by atoms with Crippen molar-refractivity contribution in [3.63, 3.8) is 0 Å². The van der Waals surface area contributed by atoms with Crippen molar-refractivity contribution in [1.82, 2.24) is 10.2 Å². The summed E-state index contributed by atoms with van der Waals surface area (Å²) in [4.78, 5) is 28.6. The van der Waals surface area contributed by atoms with E-state index >= 15 is 0 Å². The van der Waals surface area contributed by atoms with Gasteiger partial charge in [-0.2, -0.15) is 0 Å². The van der Waals surface area contributed by atoms with E-state index in [1.54, 1.807) is 43.3 Å². The Morgan fingerprint density at radius 3 is 2.15 bits per heavy atom. The van der Waals surface area contributed by atoms with Crippen molar-refractivity contribution in [1.29, 1.82) is 0 Å². The van der Waals surface area contributed by atoms with Crippen LogP contribution in [-0.4, -0.2) is 51.4 Å². The molecule has 0 saturated carbocycles. The number of hydrogen-bond donors (Lipinski definition) is 1. The van der Waals surface area contributed by atoms with E-state index in [4.69, 9.17) is 39.5 Å². The minimum atomic E-state index is -4.24. The third-order valence-electron chi connectivity index (χ3n) is 6.36. The molecule has 0 bridgehead atoms. The quantitative estimate of drug-likeness (QED) is 0.241. The Labute approximate surface area is 256 Å². The molecule has 3 aromatic rings. The lowest BCUT2D eigenvalue weighted by Gasteiger charge is -2.33. The van der Waals surface area contributed by atoms with E-state index in [0.29, 0.717) is 34.3 Å². The number of sulfonamides is 1. The Bertz CT molecular complexity index is 1450. The summed E-state index contributed by atoms with van der Waals surface area (Å²) < 4.78 is 34.0. The fourth-order valence-corrected chi connectivity index (χ4v) is 6.39. The van der Waals surface area contributed by atoms with E-state index < -0.39 is 28.5 Å². The molecule has 0 heterocycles. The molecule has 1 atom stereocenters. The summed E-state index contributed by atoms with van der Waals surface area (Å²) in [5.74, 6) is -0.658. The molecule has 0 radical (unpaired) electrons. The normalized spacial score (nSPS) is 12.0. The van der Waals surface area contributed by atoms with Gasteiger partial charge in [0.05, 0.1) is 22.7 Å². The molecule has 1 N–H and O–H groups in total. The fourth-order valence-electron chi connectivity index (χ4n) is 4.20. The molecule has 3 aromatic carbocycles. The Morgan fingerprint density at radius 1 is 0.927 bits per heavy atom. The maximum absolute atomic E-state index is 14.1. The highest BCUT2D eigenvalue weighted by atomic mass is 35.5. The van der Waals surface area contributed by atoms with Crippen LogP contribution in [0.15, 0.2) is 71.6 Å². The average Bonchev–Trinajstić information content (AvgIpc) is 2.96. The highest BCUT2D eigenvalue weighted by Crippen LogP contribution is 2.33. The zero-order valence-electron chi connectivity index (χ0n) is 22.9. The van der Waals surface area contributed by atoms with Gasteiger partial charge in [-0.3, -0.25) is 13.9 Å². The largest absolute Gasteiger partial charge is 0.495 e. The van der Waals surface area contributed by atoms with Crippen LogP contribution in [0.4, 0.5) is 5.69 Å². The number of hydrogen-bond acceptors (Lipinski definition) is 5. The minimum absolute atomic E-state index is 0.0202. The molecule has 0 saturated heterocycles. The van der Waals surface area contributed by atoms with Crippen molar-refractivity contribution in [2.75, 3.05) is 24.5 Å². The number of methoxy groups -OCH3 is 1. The van der Waals surface area contributed by atoms with Gasteiger partial charge in [0, 0.05) is 28.7 Å². The van der Waals surface area contributed by atoms with Crippen LogP contribution in [-0.2, 0) is 26.2 Å². The molecule has 0 fully saturated rings. The molecular weight excluding hydrogens is 609 g/mol. The van der Waals surface area contributed by atoms with Crippen molar-refractivity contribution in [3.8, 4) is 5.75 Å². The molecule has 220 valence electrons. The predicted octanol–water partition coefficient (Wildman–Crippen LogP) is 6.18. The molecular formula is C29H32Cl3N3O5S. The lowest BCUT2D eigenvalue weighted by molar-refractivity contribution is -0.140. The molecule has 0 aliphatic rings. The molecule has 0 aromatic heterocycles. The van der Waals surface area contributed by atoms with E-state index in [0.717, 1.165) is 4.31 Å². The van der Waals surface area contributed by atoms with Crippen LogP contribution in [0.2, 0.25) is 15.1 Å². The SMILES string of the molecule is CCCNC(=O)C(CC)N(Cc1c(Cl)cccc1Cl)C(=O)CN(c1ccc(OC)c(Cl)c1)S(=O)(=O)c1ccccc1. The van der Waals surface area contributed by atoms with Crippen molar-refractivity contribution in [2.24, 2.45) is 0 Å². The van der Waals surface area contributed by atoms with Gasteiger partial charge in [-0.25, -0.2) is 8.42 Å². The molecule has 0 aliphatic carbocycles. The Balaban J connectivity index is 2.11. The maximum atomic E-state index is 14.1. The second-order valence-electron chi connectivity index (χ2n) is 9.08. The van der Waals surface area contributed by atoms with Crippen LogP contribution >= 0.6 is 34.8 Å². The number of carbonyl (C=O) groups excluding carboxylic acids is 2. The zero-order chi connectivity index (χ0) is 30.2. The van der Waals surface area contributed by atoms with Crippen LogP contribution in [0.1, 0.15) is 32.3 Å². The molecule has 2 amide bonds. The summed E-state index contributed by atoms with van der Waals surface area (Å²) in [6.45, 7) is 3.37. The van der Waals surface area contributed by atoms with Crippen LogP contribution < -0.4 is 14.4 Å². The lowest BCUT2D eigenvalue weighted by atomic mass is 10.1. The van der Waals surface area contributed by atoms with Gasteiger partial charge < -0.3 is 15.0 Å². The first-order chi connectivity index (χ1) is 19.5. The van der Waals surface area contributed by atoms with E-state index in [1.807, 2.05) is 6.92 Å². The highest BCUT2D eigenvalue weighted by Gasteiger charge is 2.34.